The van der Waals surface area contributed by atoms with E-state index in [0.717, 1.165) is 10.2 Å². The van der Waals surface area contributed by atoms with Crippen LogP contribution in [0.25, 0.3) is 0 Å². The first kappa shape index (κ1) is 16.8. The Labute approximate surface area is 139 Å². The molecule has 0 bridgehead atoms. The molecule has 5 nitrogen and oxygen atoms in total. The fraction of sp³-hybridized carbons (Fsp3) is 0.500. The molecule has 1 aromatic carbocycles. The molecule has 1 fully saturated rings. The van der Waals surface area contributed by atoms with Gasteiger partial charge in [0.2, 0.25) is 5.91 Å². The van der Waals surface area contributed by atoms with Crippen LogP contribution in [0.3, 0.4) is 0 Å². The topological polar surface area (TPSA) is 58.6 Å². The molecule has 22 heavy (non-hydrogen) atoms. The molecule has 6 heteroatoms. The van der Waals surface area contributed by atoms with E-state index in [1.54, 1.807) is 0 Å². The van der Waals surface area contributed by atoms with Gasteiger partial charge in [0.1, 0.15) is 0 Å². The summed E-state index contributed by atoms with van der Waals surface area (Å²) < 4.78 is 6.04. The van der Waals surface area contributed by atoms with E-state index in [9.17, 15) is 9.59 Å². The van der Waals surface area contributed by atoms with Gasteiger partial charge in [-0.25, -0.2) is 0 Å². The minimum Gasteiger partial charge on any atom is -0.466 e. The third-order valence-corrected chi connectivity index (χ3v) is 4.28. The summed E-state index contributed by atoms with van der Waals surface area (Å²) in [6, 6.07) is 7.70. The molecule has 0 radical (unpaired) electrons. The Hall–Kier alpha value is -1.56. The molecule has 0 aromatic heterocycles. The summed E-state index contributed by atoms with van der Waals surface area (Å²) in [5, 5.41) is 3.12. The van der Waals surface area contributed by atoms with Crippen molar-refractivity contribution in [3.05, 3.63) is 28.7 Å². The maximum Gasteiger partial charge on any atom is 0.309 e. The zero-order valence-electron chi connectivity index (χ0n) is 12.7. The summed E-state index contributed by atoms with van der Waals surface area (Å²) in [7, 11) is 0. The summed E-state index contributed by atoms with van der Waals surface area (Å²) in [4.78, 5) is 25.7. The third-order valence-electron chi connectivity index (χ3n) is 3.76. The van der Waals surface area contributed by atoms with E-state index in [-0.39, 0.29) is 24.3 Å². The Kier molecular flexibility index (Phi) is 6.24. The number of hydrogen-bond donors (Lipinski definition) is 1. The van der Waals surface area contributed by atoms with Crippen molar-refractivity contribution in [3.63, 3.8) is 0 Å². The van der Waals surface area contributed by atoms with Crippen molar-refractivity contribution in [2.75, 3.05) is 31.6 Å². The molecule has 1 heterocycles. The van der Waals surface area contributed by atoms with E-state index in [2.05, 4.69) is 21.2 Å². The van der Waals surface area contributed by atoms with E-state index < -0.39 is 0 Å². The molecule has 120 valence electrons. The minimum absolute atomic E-state index is 0.0604. The Morgan fingerprint density at radius 1 is 1.27 bits per heavy atom. The van der Waals surface area contributed by atoms with Crippen molar-refractivity contribution in [2.24, 2.45) is 5.92 Å². The molecule has 2 rings (SSSR count). The molecule has 1 aliphatic rings. The molecule has 0 aliphatic carbocycles. The number of nitrogens with zero attached hydrogens (tertiary/aromatic N) is 1. The maximum absolute atomic E-state index is 12.2. The van der Waals surface area contributed by atoms with Crippen LogP contribution in [-0.4, -0.2) is 43.0 Å². The molecule has 1 aromatic rings. The van der Waals surface area contributed by atoms with Crippen LogP contribution in [0, 0.1) is 5.92 Å². The summed E-state index contributed by atoms with van der Waals surface area (Å²) in [5.74, 6) is -0.142. The predicted octanol–water partition coefficient (Wildman–Crippen LogP) is 2.66. The van der Waals surface area contributed by atoms with Gasteiger partial charge >= 0.3 is 5.97 Å². The van der Waals surface area contributed by atoms with Gasteiger partial charge in [0.25, 0.3) is 0 Å². The number of amides is 1. The highest BCUT2D eigenvalue weighted by molar-refractivity contribution is 9.10. The van der Waals surface area contributed by atoms with E-state index in [0.29, 0.717) is 32.5 Å². The predicted molar refractivity (Wildman–Crippen MR) is 88.6 cm³/mol. The fourth-order valence-electron chi connectivity index (χ4n) is 2.48. The number of carbonyl (C=O) groups excluding carboxylic acids is 2. The van der Waals surface area contributed by atoms with E-state index in [1.165, 1.54) is 0 Å². The van der Waals surface area contributed by atoms with Crippen LogP contribution in [0.1, 0.15) is 19.8 Å². The van der Waals surface area contributed by atoms with Crippen LogP contribution < -0.4 is 5.32 Å². The van der Waals surface area contributed by atoms with Gasteiger partial charge in [-0.15, -0.1) is 0 Å². The van der Waals surface area contributed by atoms with Gasteiger partial charge in [-0.05, 0) is 44.0 Å². The van der Waals surface area contributed by atoms with E-state index in [4.69, 9.17) is 4.74 Å². The largest absolute Gasteiger partial charge is 0.466 e. The second-order valence-corrected chi connectivity index (χ2v) is 6.18. The number of likely N-dealkylation sites (tertiary alicyclic amines) is 1. The van der Waals surface area contributed by atoms with Crippen LogP contribution >= 0.6 is 15.9 Å². The van der Waals surface area contributed by atoms with Crippen molar-refractivity contribution < 1.29 is 14.3 Å². The first-order valence-electron chi connectivity index (χ1n) is 7.54. The number of piperidine rings is 1. The number of esters is 1. The number of halogens is 1. The smallest absolute Gasteiger partial charge is 0.309 e. The molecule has 1 aliphatic heterocycles. The zero-order chi connectivity index (χ0) is 15.9. The lowest BCUT2D eigenvalue weighted by molar-refractivity contribution is -0.151. The lowest BCUT2D eigenvalue weighted by Gasteiger charge is -2.31. The number of nitrogens with one attached hydrogen (secondary N) is 1. The van der Waals surface area contributed by atoms with Crippen LogP contribution in [-0.2, 0) is 14.3 Å². The SMILES string of the molecule is CCOC(=O)C1CCN(C(=O)CNc2ccc(Br)cc2)CC1. The Morgan fingerprint density at radius 2 is 1.91 bits per heavy atom. The molecule has 1 N–H and O–H groups in total. The van der Waals surface area contributed by atoms with Gasteiger partial charge in [0, 0.05) is 23.2 Å². The minimum atomic E-state index is -0.136. The fourth-order valence-corrected chi connectivity index (χ4v) is 2.75. The lowest BCUT2D eigenvalue weighted by atomic mass is 9.97. The highest BCUT2D eigenvalue weighted by Crippen LogP contribution is 2.19. The normalized spacial score (nSPS) is 15.5. The Bertz CT molecular complexity index is 511. The molecule has 1 amide bonds. The molecule has 0 spiro atoms. The Morgan fingerprint density at radius 3 is 2.50 bits per heavy atom. The van der Waals surface area contributed by atoms with Crippen LogP contribution in [0.15, 0.2) is 28.7 Å². The second kappa shape index (κ2) is 8.17. The lowest BCUT2D eigenvalue weighted by Crippen LogP contribution is -2.43. The van der Waals surface area contributed by atoms with Crippen LogP contribution in [0.5, 0.6) is 0 Å². The van der Waals surface area contributed by atoms with Crippen molar-refractivity contribution in [2.45, 2.75) is 19.8 Å². The number of carbonyl (C=O) groups is 2. The summed E-state index contributed by atoms with van der Waals surface area (Å²) >= 11 is 3.38. The molecular formula is C16H21BrN2O3. The average molecular weight is 369 g/mol. The molecule has 0 saturated carbocycles. The van der Waals surface area contributed by atoms with Gasteiger partial charge in [0.15, 0.2) is 0 Å². The number of hydrogen-bond acceptors (Lipinski definition) is 4. The molecule has 1 saturated heterocycles. The van der Waals surface area contributed by atoms with Crippen LogP contribution in [0.4, 0.5) is 5.69 Å². The zero-order valence-corrected chi connectivity index (χ0v) is 14.3. The molecular weight excluding hydrogens is 348 g/mol. The van der Waals surface area contributed by atoms with Crippen LogP contribution in [0.2, 0.25) is 0 Å². The van der Waals surface area contributed by atoms with Gasteiger partial charge in [0.05, 0.1) is 19.1 Å². The maximum atomic E-state index is 12.2. The standard InChI is InChI=1S/C16H21BrN2O3/c1-2-22-16(21)12-7-9-19(10-8-12)15(20)11-18-14-5-3-13(17)4-6-14/h3-6,12,18H,2,7-11H2,1H3. The van der Waals surface area contributed by atoms with Crippen molar-refractivity contribution in [3.8, 4) is 0 Å². The quantitative estimate of drug-likeness (QED) is 0.811. The first-order valence-corrected chi connectivity index (χ1v) is 8.33. The first-order chi connectivity index (χ1) is 10.6. The highest BCUT2D eigenvalue weighted by Gasteiger charge is 2.27. The number of ether oxygens (including phenoxy) is 1. The Balaban J connectivity index is 1.75. The third kappa shape index (κ3) is 4.73. The number of anilines is 1. The molecule has 0 atom stereocenters. The molecule has 0 unspecified atom stereocenters. The van der Waals surface area contributed by atoms with Gasteiger partial charge in [-0.2, -0.15) is 0 Å². The van der Waals surface area contributed by atoms with Crippen molar-refractivity contribution in [1.29, 1.82) is 0 Å². The summed E-state index contributed by atoms with van der Waals surface area (Å²) in [6.07, 6.45) is 1.37. The van der Waals surface area contributed by atoms with Gasteiger partial charge in [-0.1, -0.05) is 15.9 Å². The van der Waals surface area contributed by atoms with Gasteiger partial charge in [-0.3, -0.25) is 9.59 Å². The van der Waals surface area contributed by atoms with Crippen molar-refractivity contribution in [1.82, 2.24) is 4.90 Å². The monoisotopic (exact) mass is 368 g/mol. The van der Waals surface area contributed by atoms with E-state index >= 15 is 0 Å². The van der Waals surface area contributed by atoms with E-state index in [1.807, 2.05) is 36.1 Å². The average Bonchev–Trinajstić information content (AvgIpc) is 2.54. The second-order valence-electron chi connectivity index (χ2n) is 5.27. The summed E-state index contributed by atoms with van der Waals surface area (Å²) in [5.41, 5.74) is 0.915. The summed E-state index contributed by atoms with van der Waals surface area (Å²) in [6.45, 7) is 3.72. The highest BCUT2D eigenvalue weighted by atomic mass is 79.9. The number of benzene rings is 1. The van der Waals surface area contributed by atoms with Gasteiger partial charge < -0.3 is 15.0 Å². The number of rotatable bonds is 5. The van der Waals surface area contributed by atoms with Crippen molar-refractivity contribution >= 4 is 33.5 Å².